The monoisotopic (exact) mass is 415 g/mol. The van der Waals surface area contributed by atoms with Crippen molar-refractivity contribution in [2.45, 2.75) is 38.3 Å². The van der Waals surface area contributed by atoms with Crippen molar-refractivity contribution in [3.63, 3.8) is 0 Å². The molecule has 0 saturated heterocycles. The number of pyridine rings is 1. The number of methoxy groups -OCH3 is 1. The van der Waals surface area contributed by atoms with Gasteiger partial charge in [0.15, 0.2) is 17.0 Å². The average Bonchev–Trinajstić information content (AvgIpc) is 3.47. The Morgan fingerprint density at radius 3 is 2.71 bits per heavy atom. The number of hydrogen-bond donors (Lipinski definition) is 2. The minimum Gasteiger partial charge on any atom is -0.496 e. The van der Waals surface area contributed by atoms with Gasteiger partial charge in [-0.05, 0) is 36.6 Å². The highest BCUT2D eigenvalue weighted by Gasteiger charge is 2.21. The second-order valence-electron chi connectivity index (χ2n) is 7.80. The fourth-order valence-electron chi connectivity index (χ4n) is 4.24. The lowest BCUT2D eigenvalue weighted by Crippen LogP contribution is -2.08. The van der Waals surface area contributed by atoms with E-state index < -0.39 is 0 Å². The molecule has 3 heterocycles. The molecule has 0 radical (unpaired) electrons. The van der Waals surface area contributed by atoms with Crippen molar-refractivity contribution in [1.82, 2.24) is 24.5 Å². The third kappa shape index (κ3) is 3.76. The number of aromatic nitrogens is 5. The number of fused-ring (bicyclic) bond motifs is 1. The molecule has 31 heavy (non-hydrogen) atoms. The van der Waals surface area contributed by atoms with Crippen molar-refractivity contribution >= 4 is 22.9 Å². The first kappa shape index (κ1) is 19.3. The molecule has 1 aromatic carbocycles. The topological polar surface area (TPSA) is 104 Å². The van der Waals surface area contributed by atoms with Crippen LogP contribution in [0.2, 0.25) is 0 Å². The number of para-hydroxylation sites is 1. The molecule has 1 aliphatic rings. The summed E-state index contributed by atoms with van der Waals surface area (Å²) in [6.07, 6.45) is 8.52. The van der Waals surface area contributed by atoms with Gasteiger partial charge in [0.1, 0.15) is 5.75 Å². The smallest absolute Gasteiger partial charge is 0.224 e. The van der Waals surface area contributed by atoms with E-state index in [4.69, 9.17) is 10.5 Å². The lowest BCUT2D eigenvalue weighted by Gasteiger charge is -2.12. The largest absolute Gasteiger partial charge is 0.496 e. The molecule has 5 rings (SSSR count). The summed E-state index contributed by atoms with van der Waals surface area (Å²) in [5.41, 5.74) is 10.4. The third-order valence-electron chi connectivity index (χ3n) is 5.82. The van der Waals surface area contributed by atoms with Crippen LogP contribution in [0.5, 0.6) is 5.75 Å². The van der Waals surface area contributed by atoms with Crippen LogP contribution in [0, 0.1) is 0 Å². The van der Waals surface area contributed by atoms with Gasteiger partial charge < -0.3 is 20.4 Å². The van der Waals surface area contributed by atoms with E-state index in [0.717, 1.165) is 46.6 Å². The minimum atomic E-state index is 0.249. The standard InChI is InChI=1S/C23H25N7O/c1-31-19-9-5-4-8-17(19)18-11-10-15(12-25-18)13-26-21-20-22(29-23(24)28-21)30(14-27-20)16-6-2-3-7-16/h4-5,8-12,14,16H,2-3,6-7,13H2,1H3,(H3,24,26,28,29). The van der Waals surface area contributed by atoms with Crippen molar-refractivity contribution in [1.29, 1.82) is 0 Å². The summed E-state index contributed by atoms with van der Waals surface area (Å²) in [5, 5.41) is 3.36. The first-order valence-corrected chi connectivity index (χ1v) is 10.5. The molecule has 3 aromatic heterocycles. The number of imidazole rings is 1. The maximum absolute atomic E-state index is 6.00. The third-order valence-corrected chi connectivity index (χ3v) is 5.82. The Kier molecular flexibility index (Phi) is 5.11. The second-order valence-corrected chi connectivity index (χ2v) is 7.80. The van der Waals surface area contributed by atoms with Crippen LogP contribution >= 0.6 is 0 Å². The summed E-state index contributed by atoms with van der Waals surface area (Å²) in [6.45, 7) is 0.557. The molecule has 0 amide bonds. The summed E-state index contributed by atoms with van der Waals surface area (Å²) < 4.78 is 7.59. The van der Waals surface area contributed by atoms with Crippen LogP contribution in [0.15, 0.2) is 48.9 Å². The van der Waals surface area contributed by atoms with E-state index in [0.29, 0.717) is 18.4 Å². The Morgan fingerprint density at radius 1 is 1.10 bits per heavy atom. The first-order valence-electron chi connectivity index (χ1n) is 10.5. The summed E-state index contributed by atoms with van der Waals surface area (Å²) in [4.78, 5) is 18.0. The molecule has 8 nitrogen and oxygen atoms in total. The van der Waals surface area contributed by atoms with E-state index in [1.54, 1.807) is 7.11 Å². The zero-order chi connectivity index (χ0) is 21.2. The number of rotatable bonds is 6. The second kappa shape index (κ2) is 8.22. The normalized spacial score (nSPS) is 14.2. The van der Waals surface area contributed by atoms with Gasteiger partial charge in [0.05, 0.1) is 19.1 Å². The number of hydrogen-bond acceptors (Lipinski definition) is 7. The Balaban J connectivity index is 1.36. The molecule has 0 bridgehead atoms. The van der Waals surface area contributed by atoms with Crippen LogP contribution in [0.3, 0.4) is 0 Å². The van der Waals surface area contributed by atoms with Gasteiger partial charge in [0, 0.05) is 24.3 Å². The zero-order valence-corrected chi connectivity index (χ0v) is 17.5. The van der Waals surface area contributed by atoms with Crippen LogP contribution in [0.1, 0.15) is 37.3 Å². The predicted octanol–water partition coefficient (Wildman–Crippen LogP) is 4.21. The number of nitrogens with two attached hydrogens (primary N) is 1. The molecular weight excluding hydrogens is 390 g/mol. The van der Waals surface area contributed by atoms with Crippen LogP contribution in [0.25, 0.3) is 22.4 Å². The molecule has 0 aliphatic heterocycles. The Labute approximate surface area is 180 Å². The maximum Gasteiger partial charge on any atom is 0.224 e. The molecule has 4 aromatic rings. The van der Waals surface area contributed by atoms with E-state index in [9.17, 15) is 0 Å². The molecule has 1 aliphatic carbocycles. The van der Waals surface area contributed by atoms with Gasteiger partial charge in [0.25, 0.3) is 0 Å². The van der Waals surface area contributed by atoms with E-state index in [2.05, 4.69) is 29.8 Å². The van der Waals surface area contributed by atoms with Crippen LogP contribution < -0.4 is 15.8 Å². The Hall–Kier alpha value is -3.68. The molecule has 0 unspecified atom stereocenters. The van der Waals surface area contributed by atoms with E-state index in [-0.39, 0.29) is 5.95 Å². The van der Waals surface area contributed by atoms with E-state index >= 15 is 0 Å². The molecule has 158 valence electrons. The van der Waals surface area contributed by atoms with Crippen molar-refractivity contribution in [2.24, 2.45) is 0 Å². The lowest BCUT2D eigenvalue weighted by atomic mass is 10.1. The summed E-state index contributed by atoms with van der Waals surface area (Å²) >= 11 is 0. The fourth-order valence-corrected chi connectivity index (χ4v) is 4.24. The van der Waals surface area contributed by atoms with Crippen molar-refractivity contribution in [3.05, 3.63) is 54.5 Å². The van der Waals surface area contributed by atoms with Gasteiger partial charge in [-0.15, -0.1) is 0 Å². The highest BCUT2D eigenvalue weighted by atomic mass is 16.5. The Bertz CT molecular complexity index is 1200. The molecular formula is C23H25N7O. The van der Waals surface area contributed by atoms with Crippen LogP contribution in [-0.2, 0) is 6.54 Å². The van der Waals surface area contributed by atoms with E-state index in [1.165, 1.54) is 12.8 Å². The summed E-state index contributed by atoms with van der Waals surface area (Å²) in [5.74, 6) is 1.70. The van der Waals surface area contributed by atoms with Crippen molar-refractivity contribution in [3.8, 4) is 17.0 Å². The maximum atomic E-state index is 6.00. The summed E-state index contributed by atoms with van der Waals surface area (Å²) in [7, 11) is 1.67. The molecule has 0 atom stereocenters. The highest BCUT2D eigenvalue weighted by molar-refractivity contribution is 5.84. The van der Waals surface area contributed by atoms with Gasteiger partial charge in [-0.2, -0.15) is 9.97 Å². The molecule has 1 fully saturated rings. The van der Waals surface area contributed by atoms with Gasteiger partial charge >= 0.3 is 0 Å². The van der Waals surface area contributed by atoms with Crippen LogP contribution in [-0.4, -0.2) is 31.6 Å². The number of nitrogens with zero attached hydrogens (tertiary/aromatic N) is 5. The molecule has 3 N–H and O–H groups in total. The number of ether oxygens (including phenoxy) is 1. The molecule has 0 spiro atoms. The zero-order valence-electron chi connectivity index (χ0n) is 17.5. The van der Waals surface area contributed by atoms with Crippen LogP contribution in [0.4, 0.5) is 11.8 Å². The Morgan fingerprint density at radius 2 is 1.94 bits per heavy atom. The predicted molar refractivity (Wildman–Crippen MR) is 121 cm³/mol. The van der Waals surface area contributed by atoms with Gasteiger partial charge in [-0.3, -0.25) is 4.98 Å². The average molecular weight is 416 g/mol. The van der Waals surface area contributed by atoms with Gasteiger partial charge in [-0.25, -0.2) is 4.98 Å². The fraction of sp³-hybridized carbons (Fsp3) is 0.304. The number of nitrogen functional groups attached to an aromatic ring is 1. The van der Waals surface area contributed by atoms with Crippen molar-refractivity contribution < 1.29 is 4.74 Å². The highest BCUT2D eigenvalue weighted by Crippen LogP contribution is 2.33. The lowest BCUT2D eigenvalue weighted by molar-refractivity contribution is 0.416. The minimum absolute atomic E-state index is 0.249. The first-order chi connectivity index (χ1) is 15.2. The van der Waals surface area contributed by atoms with Gasteiger partial charge in [-0.1, -0.05) is 31.0 Å². The quantitative estimate of drug-likeness (QED) is 0.486. The number of benzene rings is 1. The number of nitrogens with one attached hydrogen (secondary N) is 1. The van der Waals surface area contributed by atoms with Gasteiger partial charge in [0.2, 0.25) is 5.95 Å². The number of anilines is 2. The van der Waals surface area contributed by atoms with E-state index in [1.807, 2.05) is 48.9 Å². The molecule has 8 heteroatoms. The SMILES string of the molecule is COc1ccccc1-c1ccc(CNc2nc(N)nc3c2ncn3C2CCCC2)cn1. The summed E-state index contributed by atoms with van der Waals surface area (Å²) in [6, 6.07) is 12.3. The molecule has 1 saturated carbocycles. The van der Waals surface area contributed by atoms with Crippen molar-refractivity contribution in [2.75, 3.05) is 18.2 Å².